The van der Waals surface area contributed by atoms with Crippen molar-refractivity contribution in [3.63, 3.8) is 0 Å². The Hall–Kier alpha value is -3.26. The predicted octanol–water partition coefficient (Wildman–Crippen LogP) is 3.85. The number of tetrazole rings is 1. The minimum atomic E-state index is -1.02. The van der Waals surface area contributed by atoms with E-state index in [1.54, 1.807) is 0 Å². The summed E-state index contributed by atoms with van der Waals surface area (Å²) in [6.07, 6.45) is 5.37. The van der Waals surface area contributed by atoms with Gasteiger partial charge in [0.05, 0.1) is 0 Å². The van der Waals surface area contributed by atoms with Crippen molar-refractivity contribution in [1.29, 1.82) is 0 Å². The van der Waals surface area contributed by atoms with E-state index in [-0.39, 0.29) is 18.0 Å². The van der Waals surface area contributed by atoms with E-state index in [9.17, 15) is 9.59 Å². The zero-order chi connectivity index (χ0) is 23.5. The summed E-state index contributed by atoms with van der Waals surface area (Å²) in [5, 5.41) is 21.1. The molecule has 8 nitrogen and oxygen atoms in total. The highest BCUT2D eigenvalue weighted by molar-refractivity contribution is 6.31. The molecule has 172 valence electrons. The van der Waals surface area contributed by atoms with Crippen LogP contribution in [-0.2, 0) is 24.2 Å². The monoisotopic (exact) mass is 467 g/mol. The quantitative estimate of drug-likeness (QED) is 0.494. The number of nitrogens with zero attached hydrogens (tertiary/aromatic N) is 4. The van der Waals surface area contributed by atoms with E-state index in [0.717, 1.165) is 45.6 Å². The van der Waals surface area contributed by atoms with Crippen LogP contribution >= 0.6 is 11.6 Å². The lowest BCUT2D eigenvalue weighted by Crippen LogP contribution is -2.13. The Labute approximate surface area is 196 Å². The lowest BCUT2D eigenvalue weighted by atomic mass is 9.96. The standard InChI is InChI=1S/C24H26ClN5O3/c1-14(2)11-19(21-9-8-18(15-3-4-15)24(33)26-21)17-6-5-16(20(25)12-17)7-10-22-27-29-30(28-22)13-23(31)32/h5-6,8-9,11-12,14-15H,3-4,7,10,13H2,1-2H3,(H,26,33)(H,31,32)/b19-11+. The van der Waals surface area contributed by atoms with Crippen LogP contribution in [0.15, 0.2) is 41.2 Å². The van der Waals surface area contributed by atoms with Crippen LogP contribution in [0.4, 0.5) is 0 Å². The maximum absolute atomic E-state index is 12.6. The van der Waals surface area contributed by atoms with Crippen molar-refractivity contribution in [1.82, 2.24) is 25.2 Å². The van der Waals surface area contributed by atoms with Crippen molar-refractivity contribution in [2.45, 2.75) is 52.0 Å². The van der Waals surface area contributed by atoms with E-state index >= 15 is 0 Å². The molecule has 0 radical (unpaired) electrons. The summed E-state index contributed by atoms with van der Waals surface area (Å²) in [5.74, 6) is 0.121. The van der Waals surface area contributed by atoms with Crippen LogP contribution in [0.2, 0.25) is 5.02 Å². The van der Waals surface area contributed by atoms with Gasteiger partial charge in [0.1, 0.15) is 0 Å². The van der Waals surface area contributed by atoms with Gasteiger partial charge in [-0.1, -0.05) is 49.7 Å². The third kappa shape index (κ3) is 5.76. The molecule has 0 atom stereocenters. The summed E-state index contributed by atoms with van der Waals surface area (Å²) in [5.41, 5.74) is 4.42. The number of nitrogens with one attached hydrogen (secondary N) is 1. The molecular formula is C24H26ClN5O3. The van der Waals surface area contributed by atoms with Crippen molar-refractivity contribution in [2.75, 3.05) is 0 Å². The second kappa shape index (κ2) is 9.70. The van der Waals surface area contributed by atoms with Gasteiger partial charge in [0, 0.05) is 28.3 Å². The van der Waals surface area contributed by atoms with Crippen LogP contribution in [-0.4, -0.2) is 36.3 Å². The van der Waals surface area contributed by atoms with E-state index in [4.69, 9.17) is 16.7 Å². The van der Waals surface area contributed by atoms with Gasteiger partial charge in [-0.25, -0.2) is 0 Å². The highest BCUT2D eigenvalue weighted by Crippen LogP contribution is 2.38. The van der Waals surface area contributed by atoms with Crippen molar-refractivity contribution in [3.8, 4) is 0 Å². The van der Waals surface area contributed by atoms with Crippen LogP contribution in [0.5, 0.6) is 0 Å². The highest BCUT2D eigenvalue weighted by Gasteiger charge is 2.26. The van der Waals surface area contributed by atoms with Gasteiger partial charge >= 0.3 is 5.97 Å². The van der Waals surface area contributed by atoms with Gasteiger partial charge < -0.3 is 10.1 Å². The summed E-state index contributed by atoms with van der Waals surface area (Å²) < 4.78 is 0. The minimum Gasteiger partial charge on any atom is -0.480 e. The number of carbonyl (C=O) groups is 1. The lowest BCUT2D eigenvalue weighted by Gasteiger charge is -2.13. The number of aliphatic carboxylic acids is 1. The molecule has 1 aromatic carbocycles. The molecule has 1 aliphatic carbocycles. The number of hydrogen-bond donors (Lipinski definition) is 2. The number of rotatable bonds is 9. The average Bonchev–Trinajstić information content (AvgIpc) is 3.50. The number of carboxylic acid groups (broad SMARTS) is 1. The van der Waals surface area contributed by atoms with Crippen LogP contribution in [0.1, 0.15) is 60.8 Å². The molecule has 2 aromatic heterocycles. The smallest absolute Gasteiger partial charge is 0.327 e. The average molecular weight is 468 g/mol. The van der Waals surface area contributed by atoms with Crippen molar-refractivity contribution < 1.29 is 9.90 Å². The van der Waals surface area contributed by atoms with Gasteiger partial charge in [-0.3, -0.25) is 9.59 Å². The van der Waals surface area contributed by atoms with Gasteiger partial charge in [-0.15, -0.1) is 10.2 Å². The summed E-state index contributed by atoms with van der Waals surface area (Å²) in [7, 11) is 0. The SMILES string of the molecule is CC(C)/C=C(\c1ccc(CCc2nnn(CC(=O)O)n2)c(Cl)c1)c1ccc(C2CC2)c(=O)[nH]1. The number of allylic oxidation sites excluding steroid dienone is 1. The molecule has 0 spiro atoms. The number of pyridine rings is 1. The number of aryl methyl sites for hydroxylation is 2. The maximum atomic E-state index is 12.6. The van der Waals surface area contributed by atoms with Crippen molar-refractivity contribution in [2.24, 2.45) is 5.92 Å². The summed E-state index contributed by atoms with van der Waals surface area (Å²) in [4.78, 5) is 27.5. The second-order valence-electron chi connectivity index (χ2n) is 8.69. The first kappa shape index (κ1) is 22.9. The first-order valence-corrected chi connectivity index (χ1v) is 11.4. The lowest BCUT2D eigenvalue weighted by molar-refractivity contribution is -0.138. The predicted molar refractivity (Wildman–Crippen MR) is 125 cm³/mol. The Kier molecular flexibility index (Phi) is 6.74. The van der Waals surface area contributed by atoms with E-state index < -0.39 is 5.97 Å². The molecule has 1 fully saturated rings. The molecule has 2 N–H and O–H groups in total. The second-order valence-corrected chi connectivity index (χ2v) is 9.10. The summed E-state index contributed by atoms with van der Waals surface area (Å²) >= 11 is 6.61. The van der Waals surface area contributed by atoms with Gasteiger partial charge in [-0.2, -0.15) is 4.80 Å². The third-order valence-electron chi connectivity index (χ3n) is 5.50. The highest BCUT2D eigenvalue weighted by atomic mass is 35.5. The van der Waals surface area contributed by atoms with E-state index in [2.05, 4.69) is 40.3 Å². The number of aromatic amines is 1. The number of halogens is 1. The van der Waals surface area contributed by atoms with Crippen molar-refractivity contribution in [3.05, 3.63) is 80.0 Å². The number of H-pyrrole nitrogens is 1. The minimum absolute atomic E-state index is 0.0178. The fraction of sp³-hybridized carbons (Fsp3) is 0.375. The fourth-order valence-corrected chi connectivity index (χ4v) is 4.04. The Morgan fingerprint density at radius 1 is 1.27 bits per heavy atom. The molecule has 0 amide bonds. The number of carboxylic acids is 1. The third-order valence-corrected chi connectivity index (χ3v) is 5.85. The Morgan fingerprint density at radius 2 is 2.06 bits per heavy atom. The number of benzene rings is 1. The van der Waals surface area contributed by atoms with E-state index in [1.165, 1.54) is 0 Å². The molecule has 1 aliphatic rings. The molecule has 0 aliphatic heterocycles. The molecule has 0 saturated heterocycles. The first-order chi connectivity index (χ1) is 15.8. The zero-order valence-electron chi connectivity index (χ0n) is 18.6. The van der Waals surface area contributed by atoms with Gasteiger partial charge in [0.25, 0.3) is 5.56 Å². The van der Waals surface area contributed by atoms with Gasteiger partial charge in [-0.05, 0) is 59.6 Å². The molecule has 4 rings (SSSR count). The van der Waals surface area contributed by atoms with Crippen LogP contribution < -0.4 is 5.56 Å². The van der Waals surface area contributed by atoms with Crippen molar-refractivity contribution >= 4 is 23.1 Å². The maximum Gasteiger partial charge on any atom is 0.327 e. The summed E-state index contributed by atoms with van der Waals surface area (Å²) in [6.45, 7) is 3.87. The van der Waals surface area contributed by atoms with Gasteiger partial charge in [0.2, 0.25) is 0 Å². The van der Waals surface area contributed by atoms with E-state index in [1.807, 2.05) is 30.3 Å². The number of aromatic nitrogens is 5. The molecule has 33 heavy (non-hydrogen) atoms. The molecule has 0 unspecified atom stereocenters. The zero-order valence-corrected chi connectivity index (χ0v) is 19.3. The fourth-order valence-electron chi connectivity index (χ4n) is 3.76. The van der Waals surface area contributed by atoms with E-state index in [0.29, 0.717) is 29.6 Å². The van der Waals surface area contributed by atoms with Crippen LogP contribution in [0, 0.1) is 5.92 Å². The Morgan fingerprint density at radius 3 is 2.70 bits per heavy atom. The first-order valence-electron chi connectivity index (χ1n) is 11.0. The number of hydrogen-bond acceptors (Lipinski definition) is 5. The largest absolute Gasteiger partial charge is 0.480 e. The molecule has 0 bridgehead atoms. The molecular weight excluding hydrogens is 442 g/mol. The molecule has 9 heteroatoms. The topological polar surface area (TPSA) is 114 Å². The van der Waals surface area contributed by atoms with Crippen LogP contribution in [0.25, 0.3) is 5.57 Å². The normalized spacial score (nSPS) is 14.1. The Balaban J connectivity index is 1.54. The molecule has 2 heterocycles. The summed E-state index contributed by atoms with van der Waals surface area (Å²) in [6, 6.07) is 9.80. The van der Waals surface area contributed by atoms with Gasteiger partial charge in [0.15, 0.2) is 12.4 Å². The Bertz CT molecular complexity index is 1260. The molecule has 1 saturated carbocycles. The van der Waals surface area contributed by atoms with Crippen LogP contribution in [0.3, 0.4) is 0 Å². The molecule has 3 aromatic rings.